The van der Waals surface area contributed by atoms with E-state index in [-0.39, 0.29) is 0 Å². The van der Waals surface area contributed by atoms with E-state index in [1.54, 1.807) is 7.11 Å². The second-order valence-corrected chi connectivity index (χ2v) is 2.12. The molecule has 3 N–H and O–H groups in total. The van der Waals surface area contributed by atoms with Crippen molar-refractivity contribution in [1.82, 2.24) is 15.4 Å². The van der Waals surface area contributed by atoms with Gasteiger partial charge in [-0.1, -0.05) is 0 Å². The molecule has 0 fully saturated rings. The molecule has 0 amide bonds. The lowest BCUT2D eigenvalue weighted by Crippen LogP contribution is -2.15. The zero-order chi connectivity index (χ0) is 8.81. The monoisotopic (exact) mass is 169 g/mol. The highest BCUT2D eigenvalue weighted by Crippen LogP contribution is 1.87. The van der Waals surface area contributed by atoms with E-state index in [1.165, 1.54) is 6.20 Å². The summed E-state index contributed by atoms with van der Waals surface area (Å²) >= 11 is 0. The Kier molecular flexibility index (Phi) is 3.21. The minimum atomic E-state index is 0.376. The third-order valence-electron chi connectivity index (χ3n) is 1.26. The molecule has 1 rings (SSSR count). The van der Waals surface area contributed by atoms with Gasteiger partial charge in [-0.15, -0.1) is 0 Å². The van der Waals surface area contributed by atoms with Crippen molar-refractivity contribution in [1.29, 1.82) is 0 Å². The second-order valence-electron chi connectivity index (χ2n) is 2.12. The zero-order valence-electron chi connectivity index (χ0n) is 6.82. The Hall–Kier alpha value is -1.43. The number of nitrogens with zero attached hydrogens (tertiary/aromatic N) is 3. The Balaban J connectivity index is 2.47. The molecule has 12 heavy (non-hydrogen) atoms. The highest BCUT2D eigenvalue weighted by Gasteiger charge is 1.99. The summed E-state index contributed by atoms with van der Waals surface area (Å²) in [6.07, 6.45) is 1.52. The molecule has 0 spiro atoms. The van der Waals surface area contributed by atoms with Gasteiger partial charge in [0.25, 0.3) is 0 Å². The minimum absolute atomic E-state index is 0.376. The van der Waals surface area contributed by atoms with Crippen LogP contribution in [0.15, 0.2) is 11.2 Å². The third kappa shape index (κ3) is 2.31. The van der Waals surface area contributed by atoms with E-state index in [9.17, 15) is 0 Å². The Bertz CT molecular complexity index is 242. The highest BCUT2D eigenvalue weighted by atomic mass is 16.5. The fraction of sp³-hybridized carbons (Fsp3) is 0.500. The zero-order valence-corrected chi connectivity index (χ0v) is 6.82. The van der Waals surface area contributed by atoms with Gasteiger partial charge in [0, 0.05) is 7.11 Å². The van der Waals surface area contributed by atoms with E-state index in [0.717, 1.165) is 0 Å². The molecular formula is C6H11N5O. The van der Waals surface area contributed by atoms with Gasteiger partial charge < -0.3 is 10.5 Å². The van der Waals surface area contributed by atoms with Crippen LogP contribution in [-0.4, -0.2) is 41.5 Å². The average molecular weight is 169 g/mol. The van der Waals surface area contributed by atoms with Crippen molar-refractivity contribution in [2.45, 2.75) is 0 Å². The smallest absolute Gasteiger partial charge is 0.148 e. The molecule has 0 aliphatic heterocycles. The first kappa shape index (κ1) is 8.66. The average Bonchev–Trinajstić information content (AvgIpc) is 2.56. The Morgan fingerprint density at radius 3 is 3.25 bits per heavy atom. The fourth-order valence-corrected chi connectivity index (χ4v) is 0.663. The molecule has 0 unspecified atom stereocenters. The number of nitrogens with one attached hydrogen (secondary N) is 1. The maximum absolute atomic E-state index is 5.55. The molecule has 0 saturated carbocycles. The topological polar surface area (TPSA) is 89.2 Å². The summed E-state index contributed by atoms with van der Waals surface area (Å²) < 4.78 is 4.80. The second kappa shape index (κ2) is 4.45. The van der Waals surface area contributed by atoms with E-state index in [1.807, 2.05) is 0 Å². The van der Waals surface area contributed by atoms with Crippen molar-refractivity contribution >= 4 is 5.84 Å². The van der Waals surface area contributed by atoms with Crippen LogP contribution in [0.3, 0.4) is 0 Å². The molecule has 0 aliphatic carbocycles. The van der Waals surface area contributed by atoms with Crippen molar-refractivity contribution in [3.63, 3.8) is 0 Å². The van der Waals surface area contributed by atoms with Gasteiger partial charge >= 0.3 is 0 Å². The van der Waals surface area contributed by atoms with Crippen molar-refractivity contribution in [2.75, 3.05) is 20.3 Å². The SMILES string of the molecule is COCCN=C(N)c1cn[nH]n1. The quantitative estimate of drug-likeness (QED) is 0.349. The summed E-state index contributed by atoms with van der Waals surface area (Å²) in [7, 11) is 1.61. The van der Waals surface area contributed by atoms with Crippen LogP contribution in [0.4, 0.5) is 0 Å². The van der Waals surface area contributed by atoms with E-state index >= 15 is 0 Å². The summed E-state index contributed by atoms with van der Waals surface area (Å²) in [6.45, 7) is 1.09. The van der Waals surface area contributed by atoms with Gasteiger partial charge in [0.1, 0.15) is 11.5 Å². The minimum Gasteiger partial charge on any atom is -0.383 e. The van der Waals surface area contributed by atoms with Crippen molar-refractivity contribution in [3.05, 3.63) is 11.9 Å². The van der Waals surface area contributed by atoms with Gasteiger partial charge in [-0.3, -0.25) is 4.99 Å². The van der Waals surface area contributed by atoms with Crippen LogP contribution in [0, 0.1) is 0 Å². The molecule has 0 bridgehead atoms. The predicted octanol–water partition coefficient (Wildman–Crippen LogP) is -0.844. The predicted molar refractivity (Wildman–Crippen MR) is 43.9 cm³/mol. The lowest BCUT2D eigenvalue weighted by Gasteiger charge is -1.94. The van der Waals surface area contributed by atoms with Gasteiger partial charge in [0.15, 0.2) is 0 Å². The number of amidine groups is 1. The summed E-state index contributed by atoms with van der Waals surface area (Å²) in [5.74, 6) is 0.376. The van der Waals surface area contributed by atoms with Crippen molar-refractivity contribution in [3.8, 4) is 0 Å². The highest BCUT2D eigenvalue weighted by molar-refractivity contribution is 5.95. The lowest BCUT2D eigenvalue weighted by atomic mass is 10.4. The van der Waals surface area contributed by atoms with Gasteiger partial charge in [0.2, 0.25) is 0 Å². The summed E-state index contributed by atoms with van der Waals surface area (Å²) in [5, 5.41) is 9.81. The van der Waals surface area contributed by atoms with Crippen LogP contribution in [0.25, 0.3) is 0 Å². The van der Waals surface area contributed by atoms with Crippen molar-refractivity contribution in [2.24, 2.45) is 10.7 Å². The van der Waals surface area contributed by atoms with Crippen LogP contribution in [0.1, 0.15) is 5.69 Å². The molecule has 66 valence electrons. The first-order valence-electron chi connectivity index (χ1n) is 3.49. The molecule has 0 atom stereocenters. The van der Waals surface area contributed by atoms with Gasteiger partial charge in [-0.2, -0.15) is 15.4 Å². The number of nitrogens with two attached hydrogens (primary N) is 1. The number of methoxy groups -OCH3 is 1. The van der Waals surface area contributed by atoms with E-state index in [0.29, 0.717) is 24.7 Å². The lowest BCUT2D eigenvalue weighted by molar-refractivity contribution is 0.208. The summed E-state index contributed by atoms with van der Waals surface area (Å²) in [4.78, 5) is 4.00. The third-order valence-corrected chi connectivity index (χ3v) is 1.26. The number of aliphatic imine (C=N–C) groups is 1. The van der Waals surface area contributed by atoms with Crippen LogP contribution in [0.5, 0.6) is 0 Å². The van der Waals surface area contributed by atoms with Crippen molar-refractivity contribution < 1.29 is 4.74 Å². The Labute approximate surface area is 69.8 Å². The molecule has 6 heteroatoms. The molecule has 6 nitrogen and oxygen atoms in total. The van der Waals surface area contributed by atoms with Crippen LogP contribution in [-0.2, 0) is 4.74 Å². The van der Waals surface area contributed by atoms with Gasteiger partial charge in [-0.25, -0.2) is 0 Å². The first-order valence-corrected chi connectivity index (χ1v) is 3.49. The molecule has 1 aromatic heterocycles. The van der Waals surface area contributed by atoms with Crippen LogP contribution < -0.4 is 5.73 Å². The number of hydrogen-bond donors (Lipinski definition) is 2. The number of H-pyrrole nitrogens is 1. The molecule has 1 heterocycles. The maximum Gasteiger partial charge on any atom is 0.148 e. The molecule has 1 aromatic rings. The molecular weight excluding hydrogens is 158 g/mol. The maximum atomic E-state index is 5.55. The normalized spacial score (nSPS) is 11.9. The summed E-state index contributed by atoms with van der Waals surface area (Å²) in [5.41, 5.74) is 6.11. The van der Waals surface area contributed by atoms with Crippen LogP contribution >= 0.6 is 0 Å². The molecule has 0 radical (unpaired) electrons. The van der Waals surface area contributed by atoms with Gasteiger partial charge in [-0.05, 0) is 0 Å². The van der Waals surface area contributed by atoms with Gasteiger partial charge in [0.05, 0.1) is 19.3 Å². The van der Waals surface area contributed by atoms with E-state index in [2.05, 4.69) is 20.4 Å². The largest absolute Gasteiger partial charge is 0.383 e. The number of aromatic amines is 1. The number of rotatable bonds is 4. The molecule has 0 aliphatic rings. The number of aromatic nitrogens is 3. The van der Waals surface area contributed by atoms with E-state index in [4.69, 9.17) is 10.5 Å². The summed E-state index contributed by atoms with van der Waals surface area (Å²) in [6, 6.07) is 0. The number of ether oxygens (including phenoxy) is 1. The molecule has 0 aromatic carbocycles. The Morgan fingerprint density at radius 2 is 2.67 bits per heavy atom. The standard InChI is InChI=1S/C6H11N5O/c1-12-3-2-8-6(7)5-4-9-11-10-5/h4H,2-3H2,1H3,(H2,7,8)(H,9,10,11). The van der Waals surface area contributed by atoms with E-state index < -0.39 is 0 Å². The molecule has 0 saturated heterocycles. The number of hydrogen-bond acceptors (Lipinski definition) is 4. The first-order chi connectivity index (χ1) is 5.84. The fourth-order valence-electron chi connectivity index (χ4n) is 0.663. The van der Waals surface area contributed by atoms with Crippen LogP contribution in [0.2, 0.25) is 0 Å². The Morgan fingerprint density at radius 1 is 1.83 bits per heavy atom.